The first kappa shape index (κ1) is 17.7. The van der Waals surface area contributed by atoms with Crippen molar-refractivity contribution in [3.05, 3.63) is 71.8 Å². The molecular weight excluding hydrogens is 308 g/mol. The molecule has 0 aromatic heterocycles. The molecule has 0 unspecified atom stereocenters. The van der Waals surface area contributed by atoms with Gasteiger partial charge in [-0.3, -0.25) is 9.69 Å². The highest BCUT2D eigenvalue weighted by molar-refractivity contribution is 5.79. The van der Waals surface area contributed by atoms with E-state index in [0.717, 1.165) is 11.1 Å². The average Bonchev–Trinajstić information content (AvgIpc) is 2.64. The monoisotopic (exact) mass is 336 g/mol. The average molecular weight is 336 g/mol. The zero-order valence-electron chi connectivity index (χ0n) is 15.2. The fourth-order valence-electron chi connectivity index (χ4n) is 3.81. The van der Waals surface area contributed by atoms with Crippen LogP contribution in [0.3, 0.4) is 0 Å². The third-order valence-electron chi connectivity index (χ3n) is 5.27. The van der Waals surface area contributed by atoms with Crippen LogP contribution < -0.4 is 5.32 Å². The second-order valence-corrected chi connectivity index (χ2v) is 7.12. The van der Waals surface area contributed by atoms with Crippen molar-refractivity contribution >= 4 is 5.91 Å². The number of likely N-dealkylation sites (tertiary alicyclic amines) is 1. The van der Waals surface area contributed by atoms with Gasteiger partial charge in [0.25, 0.3) is 0 Å². The van der Waals surface area contributed by atoms with E-state index in [4.69, 9.17) is 0 Å². The molecule has 3 rings (SSSR count). The highest BCUT2D eigenvalue weighted by atomic mass is 16.2. The number of hydrogen-bond donors (Lipinski definition) is 1. The van der Waals surface area contributed by atoms with Crippen LogP contribution in [0.2, 0.25) is 0 Å². The molecule has 0 saturated carbocycles. The largest absolute Gasteiger partial charge is 0.344 e. The van der Waals surface area contributed by atoms with Gasteiger partial charge in [0.05, 0.1) is 12.6 Å². The van der Waals surface area contributed by atoms with Gasteiger partial charge in [-0.25, -0.2) is 0 Å². The molecule has 1 amide bonds. The van der Waals surface area contributed by atoms with Crippen molar-refractivity contribution in [1.82, 2.24) is 10.2 Å². The predicted molar refractivity (Wildman–Crippen MR) is 102 cm³/mol. The SMILES string of the molecule is C[C@H]1CCC[C@H](C)N1CC(=O)NC(c1ccccc1)c1ccccc1. The summed E-state index contributed by atoms with van der Waals surface area (Å²) >= 11 is 0. The molecule has 3 nitrogen and oxygen atoms in total. The van der Waals surface area contributed by atoms with E-state index in [1.165, 1.54) is 19.3 Å². The lowest BCUT2D eigenvalue weighted by Crippen LogP contribution is -2.49. The molecule has 2 aromatic carbocycles. The number of rotatable bonds is 5. The number of benzene rings is 2. The molecule has 1 saturated heterocycles. The van der Waals surface area contributed by atoms with Crippen molar-refractivity contribution in [3.8, 4) is 0 Å². The summed E-state index contributed by atoms with van der Waals surface area (Å²) in [7, 11) is 0. The molecule has 1 N–H and O–H groups in total. The maximum atomic E-state index is 12.8. The van der Waals surface area contributed by atoms with Crippen molar-refractivity contribution in [3.63, 3.8) is 0 Å². The Morgan fingerprint density at radius 3 is 1.92 bits per heavy atom. The molecular formula is C22H28N2O. The van der Waals surface area contributed by atoms with Gasteiger partial charge in [0.2, 0.25) is 5.91 Å². The summed E-state index contributed by atoms with van der Waals surface area (Å²) in [5, 5.41) is 3.26. The van der Waals surface area contributed by atoms with Crippen LogP contribution in [0.15, 0.2) is 60.7 Å². The lowest BCUT2D eigenvalue weighted by molar-refractivity contribution is -0.124. The van der Waals surface area contributed by atoms with Gasteiger partial charge in [-0.05, 0) is 37.8 Å². The molecule has 0 spiro atoms. The zero-order chi connectivity index (χ0) is 17.6. The van der Waals surface area contributed by atoms with Gasteiger partial charge >= 0.3 is 0 Å². The number of carbonyl (C=O) groups excluding carboxylic acids is 1. The van der Waals surface area contributed by atoms with E-state index in [1.807, 2.05) is 36.4 Å². The quantitative estimate of drug-likeness (QED) is 0.889. The van der Waals surface area contributed by atoms with Crippen LogP contribution in [0.5, 0.6) is 0 Å². The number of hydrogen-bond acceptors (Lipinski definition) is 2. The highest BCUT2D eigenvalue weighted by Gasteiger charge is 2.27. The van der Waals surface area contributed by atoms with Crippen molar-refractivity contribution in [2.24, 2.45) is 0 Å². The van der Waals surface area contributed by atoms with Crippen LogP contribution in [0.25, 0.3) is 0 Å². The smallest absolute Gasteiger partial charge is 0.234 e. The van der Waals surface area contributed by atoms with Crippen molar-refractivity contribution < 1.29 is 4.79 Å². The summed E-state index contributed by atoms with van der Waals surface area (Å²) in [6.07, 6.45) is 3.62. The Balaban J connectivity index is 1.75. The molecule has 2 aromatic rings. The Bertz CT molecular complexity index is 621. The maximum absolute atomic E-state index is 12.8. The lowest BCUT2D eigenvalue weighted by atomic mass is 9.97. The molecule has 1 fully saturated rings. The van der Waals surface area contributed by atoms with Gasteiger partial charge < -0.3 is 5.32 Å². The molecule has 0 radical (unpaired) electrons. The highest BCUT2D eigenvalue weighted by Crippen LogP contribution is 2.24. The molecule has 132 valence electrons. The Hall–Kier alpha value is -2.13. The Labute approximate surface area is 151 Å². The first-order chi connectivity index (χ1) is 12.1. The summed E-state index contributed by atoms with van der Waals surface area (Å²) in [4.78, 5) is 15.1. The van der Waals surface area contributed by atoms with Crippen LogP contribution in [0.1, 0.15) is 50.3 Å². The lowest BCUT2D eigenvalue weighted by Gasteiger charge is -2.38. The van der Waals surface area contributed by atoms with Crippen LogP contribution in [0.4, 0.5) is 0 Å². The van der Waals surface area contributed by atoms with Crippen LogP contribution in [-0.2, 0) is 4.79 Å². The summed E-state index contributed by atoms with van der Waals surface area (Å²) in [5.41, 5.74) is 2.23. The molecule has 1 aliphatic heterocycles. The second-order valence-electron chi connectivity index (χ2n) is 7.12. The van der Waals surface area contributed by atoms with Crippen LogP contribution >= 0.6 is 0 Å². The van der Waals surface area contributed by atoms with Crippen LogP contribution in [0, 0.1) is 0 Å². The fourth-order valence-corrected chi connectivity index (χ4v) is 3.81. The summed E-state index contributed by atoms with van der Waals surface area (Å²) in [6, 6.07) is 21.2. The van der Waals surface area contributed by atoms with Crippen LogP contribution in [-0.4, -0.2) is 29.4 Å². The summed E-state index contributed by atoms with van der Waals surface area (Å²) < 4.78 is 0. The first-order valence-electron chi connectivity index (χ1n) is 9.30. The van der Waals surface area contributed by atoms with E-state index < -0.39 is 0 Å². The maximum Gasteiger partial charge on any atom is 0.234 e. The standard InChI is InChI=1S/C22H28N2O/c1-17-10-9-11-18(2)24(17)16-21(25)23-22(19-12-5-3-6-13-19)20-14-7-4-8-15-20/h3-8,12-15,17-18,22H,9-11,16H2,1-2H3,(H,23,25)/t17-,18-/m0/s1. The van der Waals surface area contributed by atoms with E-state index in [-0.39, 0.29) is 11.9 Å². The minimum atomic E-state index is -0.106. The number of nitrogens with zero attached hydrogens (tertiary/aromatic N) is 1. The Morgan fingerprint density at radius 2 is 1.44 bits per heavy atom. The summed E-state index contributed by atoms with van der Waals surface area (Å²) in [5.74, 6) is 0.0957. The molecule has 1 heterocycles. The molecule has 3 heteroatoms. The second kappa shape index (κ2) is 8.30. The van der Waals surface area contributed by atoms with E-state index in [2.05, 4.69) is 48.3 Å². The number of amides is 1. The molecule has 1 aliphatic rings. The fraction of sp³-hybridized carbons (Fsp3) is 0.409. The van der Waals surface area contributed by atoms with E-state index in [0.29, 0.717) is 18.6 Å². The van der Waals surface area contributed by atoms with E-state index in [9.17, 15) is 4.79 Å². The first-order valence-corrected chi connectivity index (χ1v) is 9.30. The molecule has 0 bridgehead atoms. The Morgan fingerprint density at radius 1 is 0.960 bits per heavy atom. The Kier molecular flexibility index (Phi) is 5.87. The molecule has 25 heavy (non-hydrogen) atoms. The zero-order valence-corrected chi connectivity index (χ0v) is 15.2. The number of piperidine rings is 1. The minimum Gasteiger partial charge on any atom is -0.344 e. The van der Waals surface area contributed by atoms with Gasteiger partial charge in [-0.1, -0.05) is 67.1 Å². The van der Waals surface area contributed by atoms with Crippen molar-refractivity contribution in [1.29, 1.82) is 0 Å². The van der Waals surface area contributed by atoms with Gasteiger partial charge in [0, 0.05) is 12.1 Å². The summed E-state index contributed by atoms with van der Waals surface area (Å²) in [6.45, 7) is 4.93. The number of nitrogens with one attached hydrogen (secondary N) is 1. The number of carbonyl (C=O) groups is 1. The van der Waals surface area contributed by atoms with E-state index >= 15 is 0 Å². The topological polar surface area (TPSA) is 32.3 Å². The van der Waals surface area contributed by atoms with Gasteiger partial charge in [0.1, 0.15) is 0 Å². The predicted octanol–water partition coefficient (Wildman–Crippen LogP) is 4.16. The van der Waals surface area contributed by atoms with Crippen molar-refractivity contribution in [2.75, 3.05) is 6.54 Å². The van der Waals surface area contributed by atoms with E-state index in [1.54, 1.807) is 0 Å². The third kappa shape index (κ3) is 4.49. The normalized spacial score (nSPS) is 21.2. The minimum absolute atomic E-state index is 0.0957. The van der Waals surface area contributed by atoms with Gasteiger partial charge in [-0.2, -0.15) is 0 Å². The van der Waals surface area contributed by atoms with Crippen molar-refractivity contribution in [2.45, 2.75) is 51.2 Å². The van der Waals surface area contributed by atoms with Gasteiger partial charge in [-0.15, -0.1) is 0 Å². The van der Waals surface area contributed by atoms with Gasteiger partial charge in [0.15, 0.2) is 0 Å². The third-order valence-corrected chi connectivity index (χ3v) is 5.27. The molecule has 2 atom stereocenters. The molecule has 0 aliphatic carbocycles.